The number of nitrogens with zero attached hydrogens (tertiary/aromatic N) is 1. The maximum absolute atomic E-state index is 11.7. The highest BCUT2D eigenvalue weighted by molar-refractivity contribution is 5.81. The Morgan fingerprint density at radius 1 is 1.53 bits per heavy atom. The summed E-state index contributed by atoms with van der Waals surface area (Å²) >= 11 is 0. The molecule has 2 rings (SSSR count). The lowest BCUT2D eigenvalue weighted by molar-refractivity contribution is -0.119. The second-order valence-electron chi connectivity index (χ2n) is 5.16. The fourth-order valence-electron chi connectivity index (χ4n) is 2.57. The summed E-state index contributed by atoms with van der Waals surface area (Å²) < 4.78 is 0. The van der Waals surface area contributed by atoms with E-state index in [1.807, 2.05) is 13.8 Å². The minimum atomic E-state index is 0.0593. The Hall–Kier alpha value is -1.55. The first-order valence-electron chi connectivity index (χ1n) is 7.02. The molecule has 0 aliphatic carbocycles. The zero-order valence-corrected chi connectivity index (χ0v) is 11.8. The summed E-state index contributed by atoms with van der Waals surface area (Å²) in [5.41, 5.74) is 9.58. The molecule has 3 N–H and O–H groups in total. The fourth-order valence-corrected chi connectivity index (χ4v) is 2.57. The van der Waals surface area contributed by atoms with Gasteiger partial charge in [-0.1, -0.05) is 12.1 Å². The van der Waals surface area contributed by atoms with E-state index < -0.39 is 0 Å². The van der Waals surface area contributed by atoms with Gasteiger partial charge in [0.05, 0.1) is 6.54 Å². The molecule has 0 saturated heterocycles. The van der Waals surface area contributed by atoms with Gasteiger partial charge in [-0.25, -0.2) is 0 Å². The molecule has 104 valence electrons. The summed E-state index contributed by atoms with van der Waals surface area (Å²) in [5, 5.41) is 2.85. The summed E-state index contributed by atoms with van der Waals surface area (Å²) in [7, 11) is 0. The molecule has 1 aliphatic heterocycles. The number of rotatable bonds is 4. The molecule has 0 saturated carbocycles. The molecule has 0 fully saturated rings. The molecule has 1 unspecified atom stereocenters. The molecule has 1 amide bonds. The predicted octanol–water partition coefficient (Wildman–Crippen LogP) is 1.59. The second-order valence-corrected chi connectivity index (χ2v) is 5.16. The first kappa shape index (κ1) is 13.9. The van der Waals surface area contributed by atoms with Crippen LogP contribution in [0.15, 0.2) is 18.2 Å². The zero-order valence-electron chi connectivity index (χ0n) is 11.8. The summed E-state index contributed by atoms with van der Waals surface area (Å²) in [4.78, 5) is 13.9. The van der Waals surface area contributed by atoms with Crippen molar-refractivity contribution in [3.05, 3.63) is 29.3 Å². The third-order valence-corrected chi connectivity index (χ3v) is 3.55. The van der Waals surface area contributed by atoms with E-state index in [1.165, 1.54) is 16.8 Å². The largest absolute Gasteiger partial charge is 0.362 e. The molecule has 4 heteroatoms. The van der Waals surface area contributed by atoms with Crippen molar-refractivity contribution in [2.24, 2.45) is 5.73 Å². The van der Waals surface area contributed by atoms with Crippen LogP contribution < -0.4 is 16.0 Å². The minimum Gasteiger partial charge on any atom is -0.362 e. The average Bonchev–Trinajstić information content (AvgIpc) is 2.38. The molecule has 1 heterocycles. The van der Waals surface area contributed by atoms with E-state index in [2.05, 4.69) is 28.4 Å². The van der Waals surface area contributed by atoms with Gasteiger partial charge in [-0.2, -0.15) is 0 Å². The first-order chi connectivity index (χ1) is 9.11. The maximum atomic E-state index is 11.7. The Morgan fingerprint density at radius 3 is 3.00 bits per heavy atom. The molecule has 1 aliphatic rings. The van der Waals surface area contributed by atoms with Gasteiger partial charge in [-0.3, -0.25) is 4.79 Å². The molecule has 0 aromatic heterocycles. The van der Waals surface area contributed by atoms with E-state index in [1.54, 1.807) is 0 Å². The molecule has 4 nitrogen and oxygen atoms in total. The van der Waals surface area contributed by atoms with Gasteiger partial charge in [0, 0.05) is 24.8 Å². The second kappa shape index (κ2) is 6.06. The van der Waals surface area contributed by atoms with E-state index in [-0.39, 0.29) is 11.9 Å². The highest BCUT2D eigenvalue weighted by Gasteiger charge is 2.19. The molecule has 1 atom stereocenters. The molecule has 19 heavy (non-hydrogen) atoms. The van der Waals surface area contributed by atoms with E-state index >= 15 is 0 Å². The SMILES string of the molecule is CCNC(=O)CN1CCCc2cc(C(C)N)ccc21. The number of aryl methyl sites for hydroxylation is 1. The highest BCUT2D eigenvalue weighted by atomic mass is 16.2. The van der Waals surface area contributed by atoms with Crippen LogP contribution in [0.4, 0.5) is 5.69 Å². The van der Waals surface area contributed by atoms with Gasteiger partial charge in [-0.05, 0) is 43.9 Å². The number of likely N-dealkylation sites (N-methyl/N-ethyl adjacent to an activating group) is 1. The normalized spacial score (nSPS) is 15.8. The Bertz CT molecular complexity index is 457. The zero-order chi connectivity index (χ0) is 13.8. The number of anilines is 1. The Kier molecular flexibility index (Phi) is 4.43. The topological polar surface area (TPSA) is 58.4 Å². The number of fused-ring (bicyclic) bond motifs is 1. The van der Waals surface area contributed by atoms with Crippen molar-refractivity contribution in [2.45, 2.75) is 32.7 Å². The smallest absolute Gasteiger partial charge is 0.239 e. The maximum Gasteiger partial charge on any atom is 0.239 e. The average molecular weight is 261 g/mol. The molecule has 1 aromatic carbocycles. The highest BCUT2D eigenvalue weighted by Crippen LogP contribution is 2.29. The van der Waals surface area contributed by atoms with E-state index in [4.69, 9.17) is 5.73 Å². The standard InChI is InChI=1S/C15H23N3O/c1-3-17-15(19)10-18-8-4-5-13-9-12(11(2)16)6-7-14(13)18/h6-7,9,11H,3-5,8,10,16H2,1-2H3,(H,17,19). The van der Waals surface area contributed by atoms with Crippen LogP contribution >= 0.6 is 0 Å². The third kappa shape index (κ3) is 3.26. The van der Waals surface area contributed by atoms with Crippen LogP contribution in [-0.2, 0) is 11.2 Å². The van der Waals surface area contributed by atoms with Crippen molar-refractivity contribution < 1.29 is 4.79 Å². The number of benzene rings is 1. The van der Waals surface area contributed by atoms with Crippen molar-refractivity contribution >= 4 is 11.6 Å². The summed E-state index contributed by atoms with van der Waals surface area (Å²) in [6.07, 6.45) is 2.16. The van der Waals surface area contributed by atoms with Crippen LogP contribution in [0.3, 0.4) is 0 Å². The number of nitrogens with one attached hydrogen (secondary N) is 1. The fraction of sp³-hybridized carbons (Fsp3) is 0.533. The lowest BCUT2D eigenvalue weighted by atomic mass is 9.97. The van der Waals surface area contributed by atoms with Gasteiger partial charge in [0.2, 0.25) is 5.91 Å². The minimum absolute atomic E-state index is 0.0593. The number of hydrogen-bond donors (Lipinski definition) is 2. The van der Waals surface area contributed by atoms with Crippen molar-refractivity contribution in [3.63, 3.8) is 0 Å². The Labute approximate surface area is 115 Å². The number of amides is 1. The molecular weight excluding hydrogens is 238 g/mol. The molecule has 0 spiro atoms. The first-order valence-corrected chi connectivity index (χ1v) is 7.02. The molecule has 0 radical (unpaired) electrons. The lowest BCUT2D eigenvalue weighted by Crippen LogP contribution is -2.39. The van der Waals surface area contributed by atoms with Crippen LogP contribution in [0.5, 0.6) is 0 Å². The summed E-state index contributed by atoms with van der Waals surface area (Å²) in [6, 6.07) is 6.42. The van der Waals surface area contributed by atoms with Gasteiger partial charge < -0.3 is 16.0 Å². The Morgan fingerprint density at radius 2 is 2.32 bits per heavy atom. The van der Waals surface area contributed by atoms with Crippen LogP contribution in [0.25, 0.3) is 0 Å². The number of carbonyl (C=O) groups excluding carboxylic acids is 1. The van der Waals surface area contributed by atoms with Gasteiger partial charge >= 0.3 is 0 Å². The third-order valence-electron chi connectivity index (χ3n) is 3.55. The Balaban J connectivity index is 2.17. The molecular formula is C15H23N3O. The quantitative estimate of drug-likeness (QED) is 0.865. The van der Waals surface area contributed by atoms with Gasteiger partial charge in [-0.15, -0.1) is 0 Å². The van der Waals surface area contributed by atoms with Gasteiger partial charge in [0.25, 0.3) is 0 Å². The number of carbonyl (C=O) groups is 1. The lowest BCUT2D eigenvalue weighted by Gasteiger charge is -2.31. The van der Waals surface area contributed by atoms with Crippen molar-refractivity contribution in [3.8, 4) is 0 Å². The van der Waals surface area contributed by atoms with Crippen molar-refractivity contribution in [1.82, 2.24) is 5.32 Å². The van der Waals surface area contributed by atoms with E-state index in [0.29, 0.717) is 13.1 Å². The van der Waals surface area contributed by atoms with Crippen LogP contribution in [0, 0.1) is 0 Å². The molecule has 1 aromatic rings. The van der Waals surface area contributed by atoms with Crippen molar-refractivity contribution in [1.29, 1.82) is 0 Å². The summed E-state index contributed by atoms with van der Waals surface area (Å²) in [6.45, 7) is 6.01. The van der Waals surface area contributed by atoms with E-state index in [0.717, 1.165) is 19.4 Å². The predicted molar refractivity (Wildman–Crippen MR) is 78.3 cm³/mol. The number of nitrogens with two attached hydrogens (primary N) is 1. The van der Waals surface area contributed by atoms with Crippen molar-refractivity contribution in [2.75, 3.05) is 24.5 Å². The van der Waals surface area contributed by atoms with Crippen LogP contribution in [0.1, 0.15) is 37.4 Å². The summed E-state index contributed by atoms with van der Waals surface area (Å²) in [5.74, 6) is 0.0895. The van der Waals surface area contributed by atoms with Crippen LogP contribution in [0.2, 0.25) is 0 Å². The monoisotopic (exact) mass is 261 g/mol. The van der Waals surface area contributed by atoms with Gasteiger partial charge in [0.1, 0.15) is 0 Å². The van der Waals surface area contributed by atoms with E-state index in [9.17, 15) is 4.79 Å². The van der Waals surface area contributed by atoms with Gasteiger partial charge in [0.15, 0.2) is 0 Å². The van der Waals surface area contributed by atoms with Crippen LogP contribution in [-0.4, -0.2) is 25.5 Å². The number of hydrogen-bond acceptors (Lipinski definition) is 3. The molecule has 0 bridgehead atoms.